The standard InChI is InChI=1S/C15H29NO3/c1-16-13-11-14(15(13)18-10-9-17-2)19-12-7-5-3-4-6-8-12/h12-16H,3-11H2,1-2H3. The van der Waals surface area contributed by atoms with Crippen LogP contribution in [0.3, 0.4) is 0 Å². The molecule has 0 radical (unpaired) electrons. The Morgan fingerprint density at radius 3 is 2.42 bits per heavy atom. The van der Waals surface area contributed by atoms with E-state index in [-0.39, 0.29) is 12.2 Å². The van der Waals surface area contributed by atoms with E-state index in [2.05, 4.69) is 5.32 Å². The minimum absolute atomic E-state index is 0.198. The molecule has 0 spiro atoms. The van der Waals surface area contributed by atoms with Gasteiger partial charge in [-0.2, -0.15) is 0 Å². The molecule has 3 atom stereocenters. The largest absolute Gasteiger partial charge is 0.382 e. The van der Waals surface area contributed by atoms with Crippen LogP contribution in [0.4, 0.5) is 0 Å². The highest BCUT2D eigenvalue weighted by Gasteiger charge is 2.43. The van der Waals surface area contributed by atoms with Gasteiger partial charge >= 0.3 is 0 Å². The first-order valence-corrected chi connectivity index (χ1v) is 7.78. The van der Waals surface area contributed by atoms with Gasteiger partial charge in [0.2, 0.25) is 0 Å². The number of nitrogens with one attached hydrogen (secondary N) is 1. The molecule has 0 aromatic carbocycles. The summed E-state index contributed by atoms with van der Waals surface area (Å²) in [5, 5.41) is 3.31. The Morgan fingerprint density at radius 2 is 1.79 bits per heavy atom. The molecular weight excluding hydrogens is 242 g/mol. The van der Waals surface area contributed by atoms with E-state index in [0.29, 0.717) is 25.4 Å². The molecule has 1 N–H and O–H groups in total. The van der Waals surface area contributed by atoms with Gasteiger partial charge in [-0.05, 0) is 26.3 Å². The van der Waals surface area contributed by atoms with Gasteiger partial charge in [0, 0.05) is 13.2 Å². The summed E-state index contributed by atoms with van der Waals surface area (Å²) in [6.07, 6.45) is 9.85. The number of ether oxygens (including phenoxy) is 3. The van der Waals surface area contributed by atoms with Crippen molar-refractivity contribution in [1.29, 1.82) is 0 Å². The summed E-state index contributed by atoms with van der Waals surface area (Å²) < 4.78 is 17.2. The molecule has 112 valence electrons. The fourth-order valence-electron chi connectivity index (χ4n) is 3.11. The summed E-state index contributed by atoms with van der Waals surface area (Å²) >= 11 is 0. The second-order valence-electron chi connectivity index (χ2n) is 5.75. The smallest absolute Gasteiger partial charge is 0.0991 e. The minimum atomic E-state index is 0.198. The lowest BCUT2D eigenvalue weighted by molar-refractivity contribution is -0.172. The van der Waals surface area contributed by atoms with Gasteiger partial charge < -0.3 is 19.5 Å². The van der Waals surface area contributed by atoms with Crippen LogP contribution in [0.1, 0.15) is 44.9 Å². The quantitative estimate of drug-likeness (QED) is 0.569. The maximum atomic E-state index is 6.28. The van der Waals surface area contributed by atoms with E-state index in [1.54, 1.807) is 7.11 Å². The van der Waals surface area contributed by atoms with Crippen molar-refractivity contribution in [3.63, 3.8) is 0 Å². The van der Waals surface area contributed by atoms with Crippen LogP contribution in [0.5, 0.6) is 0 Å². The average Bonchev–Trinajstić information content (AvgIpc) is 2.67. The second-order valence-corrected chi connectivity index (χ2v) is 5.75. The Morgan fingerprint density at radius 1 is 1.05 bits per heavy atom. The summed E-state index contributed by atoms with van der Waals surface area (Å²) in [5.74, 6) is 0. The molecule has 0 saturated heterocycles. The molecule has 3 unspecified atom stereocenters. The molecular formula is C15H29NO3. The second kappa shape index (κ2) is 8.20. The third kappa shape index (κ3) is 4.42. The van der Waals surface area contributed by atoms with Gasteiger partial charge in [0.05, 0.1) is 31.5 Å². The third-order valence-corrected chi connectivity index (χ3v) is 4.39. The predicted octanol–water partition coefficient (Wildman–Crippen LogP) is 2.12. The number of likely N-dealkylation sites (N-methyl/N-ethyl adjacent to an activating group) is 1. The van der Waals surface area contributed by atoms with E-state index in [1.807, 2.05) is 7.05 Å². The van der Waals surface area contributed by atoms with Crippen molar-refractivity contribution in [1.82, 2.24) is 5.32 Å². The molecule has 2 rings (SSSR count). The summed E-state index contributed by atoms with van der Waals surface area (Å²) in [5.41, 5.74) is 0. The molecule has 0 bridgehead atoms. The van der Waals surface area contributed by atoms with Crippen molar-refractivity contribution in [2.75, 3.05) is 27.4 Å². The summed E-state index contributed by atoms with van der Waals surface area (Å²) in [4.78, 5) is 0. The summed E-state index contributed by atoms with van der Waals surface area (Å²) in [6.45, 7) is 1.31. The van der Waals surface area contributed by atoms with Crippen molar-refractivity contribution < 1.29 is 14.2 Å². The van der Waals surface area contributed by atoms with E-state index in [9.17, 15) is 0 Å². The van der Waals surface area contributed by atoms with Crippen molar-refractivity contribution >= 4 is 0 Å². The van der Waals surface area contributed by atoms with Crippen LogP contribution in [0.25, 0.3) is 0 Å². The van der Waals surface area contributed by atoms with Gasteiger partial charge in [-0.15, -0.1) is 0 Å². The van der Waals surface area contributed by atoms with Crippen LogP contribution in [0, 0.1) is 0 Å². The van der Waals surface area contributed by atoms with Crippen molar-refractivity contribution in [3.05, 3.63) is 0 Å². The number of hydrogen-bond acceptors (Lipinski definition) is 4. The lowest BCUT2D eigenvalue weighted by atomic mass is 9.85. The number of rotatable bonds is 7. The first-order chi connectivity index (χ1) is 9.35. The lowest BCUT2D eigenvalue weighted by Crippen LogP contribution is -2.60. The number of hydrogen-bond donors (Lipinski definition) is 1. The topological polar surface area (TPSA) is 39.7 Å². The maximum absolute atomic E-state index is 6.28. The fourth-order valence-corrected chi connectivity index (χ4v) is 3.11. The van der Waals surface area contributed by atoms with Crippen molar-refractivity contribution in [3.8, 4) is 0 Å². The van der Waals surface area contributed by atoms with Gasteiger partial charge in [-0.3, -0.25) is 0 Å². The summed E-state index contributed by atoms with van der Waals surface area (Å²) in [6, 6.07) is 0.438. The fraction of sp³-hybridized carbons (Fsp3) is 1.00. The lowest BCUT2D eigenvalue weighted by Gasteiger charge is -2.45. The number of methoxy groups -OCH3 is 1. The van der Waals surface area contributed by atoms with Gasteiger partial charge in [0.1, 0.15) is 0 Å². The Balaban J connectivity index is 1.74. The summed E-state index contributed by atoms with van der Waals surface area (Å²) in [7, 11) is 3.71. The molecule has 2 aliphatic carbocycles. The zero-order valence-corrected chi connectivity index (χ0v) is 12.4. The van der Waals surface area contributed by atoms with Crippen molar-refractivity contribution in [2.45, 2.75) is 69.3 Å². The average molecular weight is 271 g/mol. The van der Waals surface area contributed by atoms with Crippen LogP contribution in [0.2, 0.25) is 0 Å². The first-order valence-electron chi connectivity index (χ1n) is 7.78. The van der Waals surface area contributed by atoms with Gasteiger partial charge in [0.25, 0.3) is 0 Å². The molecule has 4 heteroatoms. The highest BCUT2D eigenvalue weighted by molar-refractivity contribution is 4.97. The Bertz CT molecular complexity index is 242. The minimum Gasteiger partial charge on any atom is -0.382 e. The van der Waals surface area contributed by atoms with E-state index < -0.39 is 0 Å². The van der Waals surface area contributed by atoms with Gasteiger partial charge in [-0.25, -0.2) is 0 Å². The maximum Gasteiger partial charge on any atom is 0.0991 e. The Hall–Kier alpha value is -0.160. The molecule has 4 nitrogen and oxygen atoms in total. The first kappa shape index (κ1) is 15.2. The molecule has 2 aliphatic rings. The molecule has 2 saturated carbocycles. The third-order valence-electron chi connectivity index (χ3n) is 4.39. The normalized spacial score (nSPS) is 32.8. The van der Waals surface area contributed by atoms with E-state index in [0.717, 1.165) is 6.42 Å². The molecule has 2 fully saturated rings. The Kier molecular flexibility index (Phi) is 6.57. The van der Waals surface area contributed by atoms with Crippen LogP contribution in [0.15, 0.2) is 0 Å². The molecule has 0 heterocycles. The van der Waals surface area contributed by atoms with Crippen LogP contribution < -0.4 is 5.32 Å². The molecule has 19 heavy (non-hydrogen) atoms. The molecule has 0 aliphatic heterocycles. The highest BCUT2D eigenvalue weighted by Crippen LogP contribution is 2.31. The highest BCUT2D eigenvalue weighted by atomic mass is 16.6. The van der Waals surface area contributed by atoms with E-state index >= 15 is 0 Å². The molecule has 0 amide bonds. The predicted molar refractivity (Wildman–Crippen MR) is 75.4 cm³/mol. The van der Waals surface area contributed by atoms with Crippen LogP contribution >= 0.6 is 0 Å². The Labute approximate surface area is 117 Å². The SMILES string of the molecule is CNC1CC(OC2CCCCCC2)C1OCCOC. The van der Waals surface area contributed by atoms with E-state index in [4.69, 9.17) is 14.2 Å². The monoisotopic (exact) mass is 271 g/mol. The van der Waals surface area contributed by atoms with Crippen molar-refractivity contribution in [2.24, 2.45) is 0 Å². The molecule has 0 aromatic heterocycles. The van der Waals surface area contributed by atoms with Gasteiger partial charge in [0.15, 0.2) is 0 Å². The zero-order valence-electron chi connectivity index (χ0n) is 12.4. The zero-order chi connectivity index (χ0) is 13.5. The molecule has 0 aromatic rings. The van der Waals surface area contributed by atoms with Crippen LogP contribution in [-0.2, 0) is 14.2 Å². The van der Waals surface area contributed by atoms with E-state index in [1.165, 1.54) is 38.5 Å². The van der Waals surface area contributed by atoms with Gasteiger partial charge in [-0.1, -0.05) is 25.7 Å². The van der Waals surface area contributed by atoms with Crippen LogP contribution in [-0.4, -0.2) is 51.7 Å².